The van der Waals surface area contributed by atoms with E-state index >= 15 is 0 Å². The second kappa shape index (κ2) is 4.54. The van der Waals surface area contributed by atoms with E-state index in [0.29, 0.717) is 6.04 Å². The van der Waals surface area contributed by atoms with Gasteiger partial charge in [-0.15, -0.1) is 0 Å². The van der Waals surface area contributed by atoms with E-state index in [1.165, 1.54) is 16.8 Å². The van der Waals surface area contributed by atoms with Gasteiger partial charge in [0.05, 0.1) is 17.4 Å². The Morgan fingerprint density at radius 3 is 3.00 bits per heavy atom. The molecule has 1 aromatic carbocycles. The lowest BCUT2D eigenvalue weighted by molar-refractivity contribution is 0.538. The Hall–Kier alpha value is -1.67. The van der Waals surface area contributed by atoms with Crippen molar-refractivity contribution >= 4 is 17.0 Å². The number of nitrogens with zero attached hydrogens (tertiary/aromatic N) is 1. The fraction of sp³-hybridized carbons (Fsp3) is 0.312. The molecule has 1 aromatic rings. The van der Waals surface area contributed by atoms with Crippen LogP contribution in [0.2, 0.25) is 0 Å². The highest BCUT2D eigenvalue weighted by atomic mass is 15.0. The summed E-state index contributed by atoms with van der Waals surface area (Å²) < 4.78 is 0. The third-order valence-corrected chi connectivity index (χ3v) is 3.65. The van der Waals surface area contributed by atoms with Gasteiger partial charge in [0.2, 0.25) is 0 Å². The van der Waals surface area contributed by atoms with Gasteiger partial charge in [-0.3, -0.25) is 4.99 Å². The van der Waals surface area contributed by atoms with Crippen molar-refractivity contribution in [2.75, 3.05) is 0 Å². The van der Waals surface area contributed by atoms with Crippen molar-refractivity contribution in [3.8, 4) is 0 Å². The minimum absolute atomic E-state index is 0.243. The zero-order valence-corrected chi connectivity index (χ0v) is 10.9. The molecule has 1 aliphatic carbocycles. The molecule has 0 aromatic heterocycles. The maximum atomic E-state index is 4.78. The molecule has 1 N–H and O–H groups in total. The third kappa shape index (κ3) is 1.83. The Balaban J connectivity index is 1.93. The third-order valence-electron chi connectivity index (χ3n) is 3.65. The lowest BCUT2D eigenvalue weighted by atomic mass is 9.93. The van der Waals surface area contributed by atoms with Gasteiger partial charge >= 0.3 is 0 Å². The SMILES string of the molecule is CCC(C)NC1C=CC=C2C1=Nc1ccccc12. The molecule has 92 valence electrons. The van der Waals surface area contributed by atoms with Crippen LogP contribution in [0, 0.1) is 0 Å². The van der Waals surface area contributed by atoms with Crippen molar-refractivity contribution in [1.29, 1.82) is 0 Å². The van der Waals surface area contributed by atoms with Crippen LogP contribution in [0.1, 0.15) is 25.8 Å². The average molecular weight is 238 g/mol. The van der Waals surface area contributed by atoms with Crippen LogP contribution >= 0.6 is 0 Å². The molecule has 2 heteroatoms. The van der Waals surface area contributed by atoms with Crippen molar-refractivity contribution in [2.45, 2.75) is 32.4 Å². The van der Waals surface area contributed by atoms with E-state index in [9.17, 15) is 0 Å². The monoisotopic (exact) mass is 238 g/mol. The molecule has 0 saturated heterocycles. The van der Waals surface area contributed by atoms with Crippen LogP contribution in [0.25, 0.3) is 5.57 Å². The van der Waals surface area contributed by atoms with E-state index in [0.717, 1.165) is 12.1 Å². The molecule has 2 aliphatic rings. The van der Waals surface area contributed by atoms with E-state index in [4.69, 9.17) is 4.99 Å². The van der Waals surface area contributed by atoms with E-state index < -0.39 is 0 Å². The molecule has 18 heavy (non-hydrogen) atoms. The summed E-state index contributed by atoms with van der Waals surface area (Å²) in [6, 6.07) is 9.11. The lowest BCUT2D eigenvalue weighted by Gasteiger charge is -2.22. The minimum Gasteiger partial charge on any atom is -0.303 e. The molecule has 0 bridgehead atoms. The topological polar surface area (TPSA) is 24.4 Å². The molecule has 0 radical (unpaired) electrons. The van der Waals surface area contributed by atoms with Crippen LogP contribution in [0.15, 0.2) is 47.5 Å². The smallest absolute Gasteiger partial charge is 0.0713 e. The Bertz CT molecular complexity index is 552. The van der Waals surface area contributed by atoms with Crippen LogP contribution in [0.3, 0.4) is 0 Å². The van der Waals surface area contributed by atoms with Gasteiger partial charge in [-0.2, -0.15) is 0 Å². The van der Waals surface area contributed by atoms with Crippen LogP contribution in [0.5, 0.6) is 0 Å². The van der Waals surface area contributed by atoms with Gasteiger partial charge < -0.3 is 5.32 Å². The predicted octanol–water partition coefficient (Wildman–Crippen LogP) is 3.48. The normalized spacial score (nSPS) is 22.0. The van der Waals surface area contributed by atoms with Crippen molar-refractivity contribution in [3.05, 3.63) is 48.1 Å². The number of allylic oxidation sites excluding steroid dienone is 2. The Morgan fingerprint density at radius 1 is 1.33 bits per heavy atom. The first-order valence-electron chi connectivity index (χ1n) is 6.62. The first-order chi connectivity index (χ1) is 8.79. The highest BCUT2D eigenvalue weighted by Crippen LogP contribution is 2.37. The van der Waals surface area contributed by atoms with Gasteiger partial charge in [0.1, 0.15) is 0 Å². The first kappa shape index (κ1) is 11.4. The molecule has 1 aliphatic heterocycles. The van der Waals surface area contributed by atoms with E-state index in [-0.39, 0.29) is 6.04 Å². The molecule has 1 heterocycles. The summed E-state index contributed by atoms with van der Waals surface area (Å²) in [6.45, 7) is 4.42. The molecule has 0 fully saturated rings. The largest absolute Gasteiger partial charge is 0.303 e. The van der Waals surface area contributed by atoms with E-state index in [1.807, 2.05) is 6.07 Å². The Labute approximate surface area is 108 Å². The summed E-state index contributed by atoms with van der Waals surface area (Å²) in [4.78, 5) is 4.78. The maximum absolute atomic E-state index is 4.78. The molecule has 0 amide bonds. The summed E-state index contributed by atoms with van der Waals surface area (Å²) in [5, 5.41) is 3.62. The quantitative estimate of drug-likeness (QED) is 0.856. The molecular formula is C16H18N2. The number of para-hydroxylation sites is 1. The molecule has 2 nitrogen and oxygen atoms in total. The summed E-state index contributed by atoms with van der Waals surface area (Å²) in [6.07, 6.45) is 7.62. The number of fused-ring (bicyclic) bond motifs is 3. The van der Waals surface area contributed by atoms with Gasteiger partial charge in [0.25, 0.3) is 0 Å². The number of rotatable bonds is 3. The zero-order valence-electron chi connectivity index (χ0n) is 10.9. The molecule has 2 atom stereocenters. The first-order valence-corrected chi connectivity index (χ1v) is 6.62. The number of nitrogens with one attached hydrogen (secondary N) is 1. The summed E-state index contributed by atoms with van der Waals surface area (Å²) in [5.74, 6) is 0. The van der Waals surface area contributed by atoms with Crippen LogP contribution in [-0.2, 0) is 0 Å². The van der Waals surface area contributed by atoms with Gasteiger partial charge in [-0.1, -0.05) is 43.4 Å². The summed E-state index contributed by atoms with van der Waals surface area (Å²) >= 11 is 0. The van der Waals surface area contributed by atoms with Gasteiger partial charge in [0, 0.05) is 17.2 Å². The van der Waals surface area contributed by atoms with Crippen molar-refractivity contribution in [1.82, 2.24) is 5.32 Å². The lowest BCUT2D eigenvalue weighted by Crippen LogP contribution is -2.41. The number of benzene rings is 1. The minimum atomic E-state index is 0.243. The van der Waals surface area contributed by atoms with Gasteiger partial charge in [0.15, 0.2) is 0 Å². The highest BCUT2D eigenvalue weighted by Gasteiger charge is 2.27. The molecule has 0 saturated carbocycles. The summed E-state index contributed by atoms with van der Waals surface area (Å²) in [7, 11) is 0. The van der Waals surface area contributed by atoms with Crippen molar-refractivity contribution < 1.29 is 0 Å². The van der Waals surface area contributed by atoms with Gasteiger partial charge in [-0.25, -0.2) is 0 Å². The van der Waals surface area contributed by atoms with E-state index in [1.54, 1.807) is 0 Å². The molecule has 3 rings (SSSR count). The van der Waals surface area contributed by atoms with Crippen LogP contribution in [0.4, 0.5) is 5.69 Å². The highest BCUT2D eigenvalue weighted by molar-refractivity contribution is 6.32. The zero-order chi connectivity index (χ0) is 12.5. The molecule has 0 spiro atoms. The Kier molecular flexibility index (Phi) is 2.88. The number of hydrogen-bond acceptors (Lipinski definition) is 2. The summed E-state index contributed by atoms with van der Waals surface area (Å²) in [5.41, 5.74) is 4.79. The standard InChI is InChI=1S/C16H18N2/c1-3-11(2)17-15-10-6-8-13-12-7-4-5-9-14(12)18-16(13)15/h4-11,15,17H,3H2,1-2H3. The Morgan fingerprint density at radius 2 is 2.17 bits per heavy atom. The molecule has 2 unspecified atom stereocenters. The fourth-order valence-corrected chi connectivity index (χ4v) is 2.45. The van der Waals surface area contributed by atoms with Crippen LogP contribution in [-0.4, -0.2) is 17.8 Å². The van der Waals surface area contributed by atoms with E-state index in [2.05, 4.69) is 55.6 Å². The predicted molar refractivity (Wildman–Crippen MR) is 77.3 cm³/mol. The second-order valence-electron chi connectivity index (χ2n) is 4.93. The van der Waals surface area contributed by atoms with Crippen molar-refractivity contribution in [3.63, 3.8) is 0 Å². The van der Waals surface area contributed by atoms with Gasteiger partial charge in [-0.05, 0) is 19.4 Å². The average Bonchev–Trinajstić information content (AvgIpc) is 2.78. The maximum Gasteiger partial charge on any atom is 0.0713 e. The second-order valence-corrected chi connectivity index (χ2v) is 4.93. The molecular weight excluding hydrogens is 220 g/mol. The fourth-order valence-electron chi connectivity index (χ4n) is 2.45. The number of aliphatic imine (C=N–C) groups is 1. The van der Waals surface area contributed by atoms with Crippen LogP contribution < -0.4 is 5.32 Å². The number of hydrogen-bond donors (Lipinski definition) is 1. The van der Waals surface area contributed by atoms with Crippen molar-refractivity contribution in [2.24, 2.45) is 4.99 Å².